The molecular formula is C22H24N2O6. The minimum atomic E-state index is -1.26. The van der Waals surface area contributed by atoms with Crippen molar-refractivity contribution in [3.8, 4) is 11.1 Å². The van der Waals surface area contributed by atoms with Crippen molar-refractivity contribution in [1.29, 1.82) is 0 Å². The third-order valence-electron chi connectivity index (χ3n) is 5.10. The number of amides is 2. The monoisotopic (exact) mass is 412 g/mol. The summed E-state index contributed by atoms with van der Waals surface area (Å²) in [6.45, 7) is 1.15. The van der Waals surface area contributed by atoms with E-state index in [-0.39, 0.29) is 25.6 Å². The van der Waals surface area contributed by atoms with E-state index in [0.29, 0.717) is 0 Å². The highest BCUT2D eigenvalue weighted by Gasteiger charge is 2.29. The van der Waals surface area contributed by atoms with Crippen LogP contribution in [0.25, 0.3) is 11.1 Å². The lowest BCUT2D eigenvalue weighted by atomic mass is 9.98. The topological polar surface area (TPSA) is 125 Å². The van der Waals surface area contributed by atoms with Crippen LogP contribution in [0.1, 0.15) is 30.4 Å². The van der Waals surface area contributed by atoms with Crippen LogP contribution in [0.3, 0.4) is 0 Å². The first-order chi connectivity index (χ1) is 14.4. The Labute approximate surface area is 173 Å². The number of alkyl carbamates (subject to hydrolysis) is 1. The van der Waals surface area contributed by atoms with Gasteiger partial charge in [-0.15, -0.1) is 0 Å². The highest BCUT2D eigenvalue weighted by atomic mass is 16.5. The number of aliphatic hydroxyl groups is 1. The number of benzene rings is 2. The van der Waals surface area contributed by atoms with E-state index < -0.39 is 30.1 Å². The van der Waals surface area contributed by atoms with Gasteiger partial charge >= 0.3 is 12.1 Å². The molecule has 0 spiro atoms. The molecule has 30 heavy (non-hydrogen) atoms. The number of nitrogens with one attached hydrogen (secondary N) is 2. The van der Waals surface area contributed by atoms with Gasteiger partial charge in [0.2, 0.25) is 5.91 Å². The molecule has 0 heterocycles. The van der Waals surface area contributed by atoms with Gasteiger partial charge in [-0.25, -0.2) is 9.59 Å². The van der Waals surface area contributed by atoms with Crippen LogP contribution in [0.5, 0.6) is 0 Å². The van der Waals surface area contributed by atoms with Crippen molar-refractivity contribution in [3.63, 3.8) is 0 Å². The van der Waals surface area contributed by atoms with Crippen molar-refractivity contribution in [2.45, 2.75) is 31.3 Å². The fourth-order valence-electron chi connectivity index (χ4n) is 3.57. The molecule has 0 saturated heterocycles. The number of carboxylic acids is 1. The summed E-state index contributed by atoms with van der Waals surface area (Å²) in [4.78, 5) is 35.4. The molecule has 1 aliphatic rings. The van der Waals surface area contributed by atoms with Crippen LogP contribution in [-0.2, 0) is 14.3 Å². The van der Waals surface area contributed by atoms with Gasteiger partial charge in [-0.1, -0.05) is 48.5 Å². The second-order valence-electron chi connectivity index (χ2n) is 7.10. The number of carbonyl (C=O) groups is 3. The van der Waals surface area contributed by atoms with E-state index in [1.807, 2.05) is 48.5 Å². The number of ether oxygens (including phenoxy) is 1. The van der Waals surface area contributed by atoms with E-state index in [0.717, 1.165) is 22.3 Å². The van der Waals surface area contributed by atoms with E-state index in [1.54, 1.807) is 0 Å². The minimum Gasteiger partial charge on any atom is -0.480 e. The first kappa shape index (κ1) is 21.3. The van der Waals surface area contributed by atoms with Gasteiger partial charge in [0.15, 0.2) is 0 Å². The first-order valence-corrected chi connectivity index (χ1v) is 9.68. The maximum atomic E-state index is 12.2. The molecule has 2 aromatic carbocycles. The molecule has 8 nitrogen and oxygen atoms in total. The van der Waals surface area contributed by atoms with Crippen molar-refractivity contribution in [1.82, 2.24) is 10.6 Å². The third kappa shape index (κ3) is 4.60. The van der Waals surface area contributed by atoms with Crippen LogP contribution in [0.4, 0.5) is 4.79 Å². The Kier molecular flexibility index (Phi) is 6.68. The average molecular weight is 412 g/mol. The summed E-state index contributed by atoms with van der Waals surface area (Å²) in [5.74, 6) is -2.04. The maximum absolute atomic E-state index is 12.2. The molecule has 158 valence electrons. The summed E-state index contributed by atoms with van der Waals surface area (Å²) >= 11 is 0. The second-order valence-corrected chi connectivity index (χ2v) is 7.10. The zero-order valence-electron chi connectivity index (χ0n) is 16.5. The Morgan fingerprint density at radius 2 is 1.57 bits per heavy atom. The number of carbonyl (C=O) groups excluding carboxylic acids is 2. The number of aliphatic hydroxyl groups excluding tert-OH is 1. The number of fused-ring (bicyclic) bond motifs is 3. The normalized spacial score (nSPS) is 14.2. The maximum Gasteiger partial charge on any atom is 0.407 e. The summed E-state index contributed by atoms with van der Waals surface area (Å²) in [5.41, 5.74) is 4.37. The Balaban J connectivity index is 1.58. The van der Waals surface area contributed by atoms with E-state index in [9.17, 15) is 14.4 Å². The van der Waals surface area contributed by atoms with Gasteiger partial charge < -0.3 is 25.6 Å². The molecule has 1 unspecified atom stereocenters. The van der Waals surface area contributed by atoms with Gasteiger partial charge in [0, 0.05) is 18.9 Å². The molecule has 4 N–H and O–H groups in total. The standard InChI is InChI=1S/C22H24N2O6/c1-13(20(26)24-19(10-11-25)21(27)28)23-22(29)30-12-18-16-8-4-2-6-14(16)15-7-3-5-9-17(15)18/h2-9,13,18-19,25H,10-12H2,1H3,(H,23,29)(H,24,26)(H,27,28)/t13-,19?/m1/s1. The first-order valence-electron chi connectivity index (χ1n) is 9.68. The zero-order chi connectivity index (χ0) is 21.7. The fraction of sp³-hybridized carbons (Fsp3) is 0.318. The average Bonchev–Trinajstić information content (AvgIpc) is 3.05. The summed E-state index contributed by atoms with van der Waals surface area (Å²) in [5, 5.41) is 22.6. The van der Waals surface area contributed by atoms with Crippen LogP contribution in [0, 0.1) is 0 Å². The Morgan fingerprint density at radius 1 is 1.00 bits per heavy atom. The lowest BCUT2D eigenvalue weighted by Gasteiger charge is -2.19. The Hall–Kier alpha value is -3.39. The van der Waals surface area contributed by atoms with Gasteiger partial charge in [-0.05, 0) is 29.2 Å². The van der Waals surface area contributed by atoms with E-state index in [2.05, 4.69) is 10.6 Å². The SMILES string of the molecule is C[C@@H](NC(=O)OCC1c2ccccc2-c2ccccc21)C(=O)NC(CCO)C(=O)O. The number of hydrogen-bond donors (Lipinski definition) is 4. The van der Waals surface area contributed by atoms with Crippen molar-refractivity contribution in [2.24, 2.45) is 0 Å². The highest BCUT2D eigenvalue weighted by molar-refractivity contribution is 5.89. The Morgan fingerprint density at radius 3 is 2.10 bits per heavy atom. The van der Waals surface area contributed by atoms with Crippen LogP contribution in [0.2, 0.25) is 0 Å². The number of carboxylic acid groups (broad SMARTS) is 1. The molecule has 0 aliphatic heterocycles. The molecule has 2 aromatic rings. The predicted octanol–water partition coefficient (Wildman–Crippen LogP) is 1.87. The van der Waals surface area contributed by atoms with Gasteiger partial charge in [-0.3, -0.25) is 4.79 Å². The van der Waals surface area contributed by atoms with Crippen molar-refractivity contribution in [2.75, 3.05) is 13.2 Å². The van der Waals surface area contributed by atoms with Crippen molar-refractivity contribution < 1.29 is 29.3 Å². The Bertz CT molecular complexity index is 899. The van der Waals surface area contributed by atoms with Gasteiger partial charge in [0.1, 0.15) is 18.7 Å². The van der Waals surface area contributed by atoms with Crippen molar-refractivity contribution >= 4 is 18.0 Å². The summed E-state index contributed by atoms with van der Waals surface area (Å²) in [6, 6.07) is 13.7. The van der Waals surface area contributed by atoms with E-state index in [4.69, 9.17) is 14.9 Å². The van der Waals surface area contributed by atoms with E-state index >= 15 is 0 Å². The summed E-state index contributed by atoms with van der Waals surface area (Å²) in [7, 11) is 0. The van der Waals surface area contributed by atoms with Gasteiger partial charge in [-0.2, -0.15) is 0 Å². The molecule has 2 amide bonds. The van der Waals surface area contributed by atoms with Gasteiger partial charge in [0.25, 0.3) is 0 Å². The molecule has 0 fully saturated rings. The quantitative estimate of drug-likeness (QED) is 0.525. The lowest BCUT2D eigenvalue weighted by molar-refractivity contribution is -0.142. The van der Waals surface area contributed by atoms with E-state index in [1.165, 1.54) is 6.92 Å². The fourth-order valence-corrected chi connectivity index (χ4v) is 3.57. The van der Waals surface area contributed by atoms with Crippen LogP contribution in [0.15, 0.2) is 48.5 Å². The smallest absolute Gasteiger partial charge is 0.407 e. The molecule has 0 aromatic heterocycles. The molecule has 0 saturated carbocycles. The summed E-state index contributed by atoms with van der Waals surface area (Å²) < 4.78 is 5.37. The number of aliphatic carboxylic acids is 1. The molecule has 0 bridgehead atoms. The molecule has 8 heteroatoms. The molecular weight excluding hydrogens is 388 g/mol. The van der Waals surface area contributed by atoms with Crippen LogP contribution < -0.4 is 10.6 Å². The number of rotatable bonds is 8. The minimum absolute atomic E-state index is 0.103. The predicted molar refractivity (Wildman–Crippen MR) is 109 cm³/mol. The number of hydrogen-bond acceptors (Lipinski definition) is 5. The zero-order valence-corrected chi connectivity index (χ0v) is 16.5. The summed E-state index contributed by atoms with van der Waals surface area (Å²) in [6.07, 6.45) is -0.896. The van der Waals surface area contributed by atoms with Gasteiger partial charge in [0.05, 0.1) is 0 Å². The molecule has 0 radical (unpaired) electrons. The molecule has 1 aliphatic carbocycles. The highest BCUT2D eigenvalue weighted by Crippen LogP contribution is 2.44. The molecule has 2 atom stereocenters. The lowest BCUT2D eigenvalue weighted by Crippen LogP contribution is -2.50. The second kappa shape index (κ2) is 9.41. The van der Waals surface area contributed by atoms with Crippen molar-refractivity contribution in [3.05, 3.63) is 59.7 Å². The third-order valence-corrected chi connectivity index (χ3v) is 5.10. The van der Waals surface area contributed by atoms with Crippen LogP contribution >= 0.6 is 0 Å². The van der Waals surface area contributed by atoms with Crippen LogP contribution in [-0.4, -0.2) is 53.5 Å². The largest absolute Gasteiger partial charge is 0.480 e. The molecule has 3 rings (SSSR count).